The quantitative estimate of drug-likeness (QED) is 0.805. The first kappa shape index (κ1) is 15.2. The number of aryl methyl sites for hydroxylation is 2. The van der Waals surface area contributed by atoms with E-state index in [1.54, 1.807) is 10.7 Å². The van der Waals surface area contributed by atoms with Crippen molar-refractivity contribution in [2.45, 2.75) is 27.2 Å². The van der Waals surface area contributed by atoms with Crippen molar-refractivity contribution in [3.8, 4) is 11.1 Å². The Morgan fingerprint density at radius 2 is 1.96 bits per heavy atom. The summed E-state index contributed by atoms with van der Waals surface area (Å²) in [5.41, 5.74) is 5.13. The number of amides is 1. The second-order valence-electron chi connectivity index (χ2n) is 5.58. The third kappa shape index (κ3) is 2.70. The van der Waals surface area contributed by atoms with Crippen molar-refractivity contribution >= 4 is 11.6 Å². The summed E-state index contributed by atoms with van der Waals surface area (Å²) in [5, 5.41) is 7.47. The molecule has 0 radical (unpaired) electrons. The van der Waals surface area contributed by atoms with Crippen molar-refractivity contribution in [1.29, 1.82) is 0 Å². The topological polar surface area (TPSA) is 59.3 Å². The molecule has 1 amide bonds. The van der Waals surface area contributed by atoms with Crippen molar-refractivity contribution in [2.24, 2.45) is 0 Å². The maximum Gasteiger partial charge on any atom is 0.254 e. The first-order valence-corrected chi connectivity index (χ1v) is 7.82. The molecule has 23 heavy (non-hydrogen) atoms. The lowest BCUT2D eigenvalue weighted by Gasteiger charge is -2.08. The molecule has 118 valence electrons. The number of fused-ring (bicyclic) bond motifs is 1. The Kier molecular flexibility index (Phi) is 4.10. The summed E-state index contributed by atoms with van der Waals surface area (Å²) in [7, 11) is 0. The van der Waals surface area contributed by atoms with Crippen LogP contribution in [0.5, 0.6) is 0 Å². The van der Waals surface area contributed by atoms with Crippen molar-refractivity contribution in [3.05, 3.63) is 53.5 Å². The van der Waals surface area contributed by atoms with E-state index < -0.39 is 0 Å². The van der Waals surface area contributed by atoms with Crippen LogP contribution in [0, 0.1) is 13.8 Å². The molecule has 1 N–H and O–H groups in total. The van der Waals surface area contributed by atoms with E-state index in [-0.39, 0.29) is 5.91 Å². The Labute approximate surface area is 135 Å². The Morgan fingerprint density at radius 1 is 1.22 bits per heavy atom. The third-order valence-electron chi connectivity index (χ3n) is 3.90. The lowest BCUT2D eigenvalue weighted by atomic mass is 10.1. The molecule has 5 heteroatoms. The van der Waals surface area contributed by atoms with Crippen molar-refractivity contribution in [3.63, 3.8) is 0 Å². The summed E-state index contributed by atoms with van der Waals surface area (Å²) in [6.07, 6.45) is 2.54. The van der Waals surface area contributed by atoms with Crippen molar-refractivity contribution in [1.82, 2.24) is 19.9 Å². The molecule has 0 saturated heterocycles. The van der Waals surface area contributed by atoms with Gasteiger partial charge in [0.15, 0.2) is 5.65 Å². The van der Waals surface area contributed by atoms with E-state index in [1.807, 2.05) is 51.1 Å². The van der Waals surface area contributed by atoms with Crippen LogP contribution in [0.15, 0.2) is 36.5 Å². The molecule has 2 heterocycles. The number of aromatic nitrogens is 3. The molecule has 0 unspecified atom stereocenters. The molecule has 0 atom stereocenters. The maximum atomic E-state index is 12.2. The summed E-state index contributed by atoms with van der Waals surface area (Å²) in [6, 6.07) is 10.1. The Balaban J connectivity index is 2.12. The van der Waals surface area contributed by atoms with Crippen LogP contribution in [-0.4, -0.2) is 27.0 Å². The minimum Gasteiger partial charge on any atom is -0.352 e. The molecule has 3 rings (SSSR count). The Bertz CT molecular complexity index is 852. The lowest BCUT2D eigenvalue weighted by molar-refractivity contribution is 0.0952. The fourth-order valence-corrected chi connectivity index (χ4v) is 2.70. The largest absolute Gasteiger partial charge is 0.352 e. The van der Waals surface area contributed by atoms with E-state index in [2.05, 4.69) is 15.4 Å². The summed E-state index contributed by atoms with van der Waals surface area (Å²) in [4.78, 5) is 16.7. The van der Waals surface area contributed by atoms with Crippen molar-refractivity contribution in [2.75, 3.05) is 6.54 Å². The van der Waals surface area contributed by atoms with Crippen LogP contribution in [0.3, 0.4) is 0 Å². The minimum absolute atomic E-state index is 0.104. The third-order valence-corrected chi connectivity index (χ3v) is 3.90. The van der Waals surface area contributed by atoms with Gasteiger partial charge < -0.3 is 5.32 Å². The molecular weight excluding hydrogens is 288 g/mol. The minimum atomic E-state index is -0.104. The van der Waals surface area contributed by atoms with E-state index in [0.29, 0.717) is 12.1 Å². The van der Waals surface area contributed by atoms with Crippen LogP contribution < -0.4 is 5.32 Å². The maximum absolute atomic E-state index is 12.2. The molecule has 0 fully saturated rings. The van der Waals surface area contributed by atoms with Crippen LogP contribution in [0.4, 0.5) is 0 Å². The molecule has 0 spiro atoms. The van der Waals surface area contributed by atoms with E-state index in [9.17, 15) is 4.79 Å². The van der Waals surface area contributed by atoms with E-state index in [0.717, 1.165) is 34.6 Å². The number of carbonyl (C=O) groups excluding carboxylic acids is 1. The number of nitrogens with zero attached hydrogens (tertiary/aromatic N) is 3. The fraction of sp³-hybridized carbons (Fsp3) is 0.278. The molecule has 0 aliphatic carbocycles. The predicted octanol–water partition coefficient (Wildman–Crippen LogP) is 3.15. The van der Waals surface area contributed by atoms with Gasteiger partial charge in [0.05, 0.1) is 17.0 Å². The molecule has 1 aromatic carbocycles. The van der Waals surface area contributed by atoms with Crippen LogP contribution in [0.1, 0.15) is 35.1 Å². The van der Waals surface area contributed by atoms with Gasteiger partial charge in [-0.2, -0.15) is 5.10 Å². The zero-order chi connectivity index (χ0) is 16.4. The van der Waals surface area contributed by atoms with Crippen molar-refractivity contribution < 1.29 is 4.79 Å². The average Bonchev–Trinajstić information content (AvgIpc) is 2.91. The summed E-state index contributed by atoms with van der Waals surface area (Å²) in [5.74, 6) is -0.104. The van der Waals surface area contributed by atoms with Gasteiger partial charge in [-0.1, -0.05) is 37.3 Å². The summed E-state index contributed by atoms with van der Waals surface area (Å²) >= 11 is 0. The van der Waals surface area contributed by atoms with E-state index in [4.69, 9.17) is 0 Å². The van der Waals surface area contributed by atoms with Gasteiger partial charge >= 0.3 is 0 Å². The van der Waals surface area contributed by atoms with Crippen LogP contribution in [0.2, 0.25) is 0 Å². The molecule has 0 aliphatic heterocycles. The summed E-state index contributed by atoms with van der Waals surface area (Å²) in [6.45, 7) is 6.55. The Hall–Kier alpha value is -2.69. The van der Waals surface area contributed by atoms with Gasteiger partial charge in [0, 0.05) is 18.3 Å². The zero-order valence-corrected chi connectivity index (χ0v) is 13.6. The van der Waals surface area contributed by atoms with Gasteiger partial charge in [-0.25, -0.2) is 9.50 Å². The predicted molar refractivity (Wildman–Crippen MR) is 90.5 cm³/mol. The highest BCUT2D eigenvalue weighted by Crippen LogP contribution is 2.27. The van der Waals surface area contributed by atoms with Crippen LogP contribution >= 0.6 is 0 Å². The van der Waals surface area contributed by atoms with E-state index in [1.165, 1.54) is 0 Å². The monoisotopic (exact) mass is 308 g/mol. The molecule has 3 aromatic rings. The molecular formula is C18H20N4O. The number of rotatable bonds is 4. The normalized spacial score (nSPS) is 10.9. The lowest BCUT2D eigenvalue weighted by Crippen LogP contribution is -2.25. The number of nitrogens with one attached hydrogen (secondary N) is 1. The molecule has 0 saturated carbocycles. The second kappa shape index (κ2) is 6.20. The zero-order valence-electron chi connectivity index (χ0n) is 13.6. The van der Waals surface area contributed by atoms with Gasteiger partial charge in [-0.05, 0) is 25.8 Å². The second-order valence-corrected chi connectivity index (χ2v) is 5.58. The van der Waals surface area contributed by atoms with Gasteiger partial charge in [0.1, 0.15) is 0 Å². The number of benzene rings is 1. The average molecular weight is 308 g/mol. The van der Waals surface area contributed by atoms with Gasteiger partial charge in [0.2, 0.25) is 0 Å². The standard InChI is InChI=1S/C18H20N4O/c1-4-10-19-18(23)15-11-20-17-16(14-8-6-5-7-9-14)12(2)21-22(17)13(15)3/h5-9,11H,4,10H2,1-3H3,(H,19,23). The number of carbonyl (C=O) groups is 1. The first-order valence-electron chi connectivity index (χ1n) is 7.82. The smallest absolute Gasteiger partial charge is 0.254 e. The Morgan fingerprint density at radius 3 is 2.65 bits per heavy atom. The van der Waals surface area contributed by atoms with Gasteiger partial charge in [-0.3, -0.25) is 4.79 Å². The molecule has 0 aliphatic rings. The molecule has 2 aromatic heterocycles. The van der Waals surface area contributed by atoms with Gasteiger partial charge in [-0.15, -0.1) is 0 Å². The first-order chi connectivity index (χ1) is 11.1. The highest BCUT2D eigenvalue weighted by molar-refractivity contribution is 5.95. The van der Waals surface area contributed by atoms with Gasteiger partial charge in [0.25, 0.3) is 5.91 Å². The number of hydrogen-bond donors (Lipinski definition) is 1. The highest BCUT2D eigenvalue weighted by Gasteiger charge is 2.18. The number of hydrogen-bond acceptors (Lipinski definition) is 3. The molecule has 5 nitrogen and oxygen atoms in total. The fourth-order valence-electron chi connectivity index (χ4n) is 2.70. The van der Waals surface area contributed by atoms with Crippen LogP contribution in [0.25, 0.3) is 16.8 Å². The summed E-state index contributed by atoms with van der Waals surface area (Å²) < 4.78 is 1.76. The van der Waals surface area contributed by atoms with E-state index >= 15 is 0 Å². The van der Waals surface area contributed by atoms with Crippen LogP contribution in [-0.2, 0) is 0 Å². The highest BCUT2D eigenvalue weighted by atomic mass is 16.1. The SMILES string of the molecule is CCCNC(=O)c1cnc2c(-c3ccccc3)c(C)nn2c1C. The molecule has 0 bridgehead atoms.